The number of rotatable bonds is 4. The van der Waals surface area contributed by atoms with Crippen molar-refractivity contribution >= 4 is 0 Å². The van der Waals surface area contributed by atoms with E-state index in [4.69, 9.17) is 5.26 Å². The predicted molar refractivity (Wildman–Crippen MR) is 32.7 cm³/mol. The van der Waals surface area contributed by atoms with Crippen molar-refractivity contribution in [1.82, 2.24) is 0 Å². The maximum Gasteiger partial charge on any atom is 0.614 e. The average Bonchev–Trinajstić information content (AvgIpc) is 1.99. The molecule has 7 nitrogen and oxygen atoms in total. The van der Waals surface area contributed by atoms with Gasteiger partial charge in [0.2, 0.25) is 0 Å². The van der Waals surface area contributed by atoms with E-state index < -0.39 is 28.6 Å². The molecule has 0 heterocycles. The molecule has 0 aliphatic carbocycles. The third-order valence-corrected chi connectivity index (χ3v) is 1.11. The fraction of sp³-hybridized carbons (Fsp3) is 0.750. The molecule has 0 rings (SSSR count). The number of alkyl halides is 1. The van der Waals surface area contributed by atoms with Gasteiger partial charge in [0, 0.05) is 0 Å². The monoisotopic (exact) mass is 177 g/mol. The molecule has 0 saturated carbocycles. The van der Waals surface area contributed by atoms with Crippen molar-refractivity contribution in [2.45, 2.75) is 18.8 Å². The third kappa shape index (κ3) is 1.85. The van der Waals surface area contributed by atoms with E-state index in [0.29, 0.717) is 0 Å². The molecule has 0 spiro atoms. The Labute approximate surface area is 65.7 Å². The smallest absolute Gasteiger partial charge is 0.256 e. The Morgan fingerprint density at radius 3 is 2.08 bits per heavy atom. The Morgan fingerprint density at radius 2 is 1.83 bits per heavy atom. The molecule has 0 fully saturated rings. The zero-order valence-electron chi connectivity index (χ0n) is 5.77. The first kappa shape index (κ1) is 10.2. The first-order valence-electron chi connectivity index (χ1n) is 2.80. The van der Waals surface area contributed by atoms with E-state index >= 15 is 0 Å². The van der Waals surface area contributed by atoms with E-state index in [1.54, 1.807) is 0 Å². The van der Waals surface area contributed by atoms with E-state index in [-0.39, 0.29) is 0 Å². The standard InChI is InChI=1S/C4H4FN3O4/c5-4(7(9)10,8(11)12)2-1-3-6/h1-2H2. The molecule has 0 radical (unpaired) electrons. The largest absolute Gasteiger partial charge is 0.614 e. The summed E-state index contributed by atoms with van der Waals surface area (Å²) in [5.41, 5.74) is 0. The average molecular weight is 177 g/mol. The zero-order chi connectivity index (χ0) is 9.78. The molecule has 0 aliphatic heterocycles. The van der Waals surface area contributed by atoms with Crippen LogP contribution in [0.5, 0.6) is 0 Å². The van der Waals surface area contributed by atoms with Crippen molar-refractivity contribution in [3.63, 3.8) is 0 Å². The molecule has 0 bridgehead atoms. The van der Waals surface area contributed by atoms with E-state index in [2.05, 4.69) is 0 Å². The highest BCUT2D eigenvalue weighted by Gasteiger charge is 2.57. The molecule has 0 atom stereocenters. The second kappa shape index (κ2) is 3.56. The lowest BCUT2D eigenvalue weighted by Crippen LogP contribution is -2.41. The Balaban J connectivity index is 4.54. The number of hydrogen-bond acceptors (Lipinski definition) is 5. The molecule has 66 valence electrons. The topological polar surface area (TPSA) is 110 Å². The van der Waals surface area contributed by atoms with Gasteiger partial charge >= 0.3 is 5.92 Å². The summed E-state index contributed by atoms with van der Waals surface area (Å²) in [7, 11) is 0. The third-order valence-electron chi connectivity index (χ3n) is 1.11. The van der Waals surface area contributed by atoms with Crippen molar-refractivity contribution in [3.05, 3.63) is 20.2 Å². The molecular formula is C4H4FN3O4. The Kier molecular flexibility index (Phi) is 3.04. The quantitative estimate of drug-likeness (QED) is 0.268. The van der Waals surface area contributed by atoms with Crippen LogP contribution in [0, 0.1) is 31.6 Å². The number of nitriles is 1. The zero-order valence-corrected chi connectivity index (χ0v) is 5.77. The van der Waals surface area contributed by atoms with Crippen LogP contribution in [0.3, 0.4) is 0 Å². The Bertz CT molecular complexity index is 233. The van der Waals surface area contributed by atoms with Gasteiger partial charge in [-0.3, -0.25) is 20.2 Å². The summed E-state index contributed by atoms with van der Waals surface area (Å²) in [5, 5.41) is 27.6. The number of nitro groups is 2. The van der Waals surface area contributed by atoms with Gasteiger partial charge in [-0.1, -0.05) is 4.39 Å². The highest BCUT2D eigenvalue weighted by Crippen LogP contribution is 2.19. The summed E-state index contributed by atoms with van der Waals surface area (Å²) < 4.78 is 12.7. The second-order valence-electron chi connectivity index (χ2n) is 1.89. The van der Waals surface area contributed by atoms with Gasteiger partial charge < -0.3 is 0 Å². The normalized spacial score (nSPS) is 10.3. The van der Waals surface area contributed by atoms with E-state index in [1.165, 1.54) is 6.07 Å². The maximum atomic E-state index is 12.7. The molecule has 8 heteroatoms. The van der Waals surface area contributed by atoms with Crippen LogP contribution in [0.15, 0.2) is 0 Å². The van der Waals surface area contributed by atoms with E-state index in [9.17, 15) is 24.6 Å². The van der Waals surface area contributed by atoms with Crippen molar-refractivity contribution in [2.75, 3.05) is 0 Å². The molecule has 0 unspecified atom stereocenters. The van der Waals surface area contributed by atoms with Crippen LogP contribution in [-0.2, 0) is 0 Å². The molecule has 0 aliphatic rings. The summed E-state index contributed by atoms with van der Waals surface area (Å²) in [6.45, 7) is 0. The highest BCUT2D eigenvalue weighted by molar-refractivity contribution is 4.71. The van der Waals surface area contributed by atoms with Gasteiger partial charge in [-0.05, 0) is 0 Å². The van der Waals surface area contributed by atoms with Crippen molar-refractivity contribution in [1.29, 1.82) is 5.26 Å². The van der Waals surface area contributed by atoms with Crippen LogP contribution in [-0.4, -0.2) is 15.8 Å². The number of halogens is 1. The second-order valence-corrected chi connectivity index (χ2v) is 1.89. The lowest BCUT2D eigenvalue weighted by molar-refractivity contribution is -0.832. The number of hydrogen-bond donors (Lipinski definition) is 0. The van der Waals surface area contributed by atoms with Gasteiger partial charge in [-0.15, -0.1) is 0 Å². The Hall–Kier alpha value is -1.78. The summed E-state index contributed by atoms with van der Waals surface area (Å²) in [6, 6.07) is 1.38. The summed E-state index contributed by atoms with van der Waals surface area (Å²) in [6.07, 6.45) is -1.61. The molecule has 12 heavy (non-hydrogen) atoms. The van der Waals surface area contributed by atoms with Crippen LogP contribution in [0.4, 0.5) is 4.39 Å². The van der Waals surface area contributed by atoms with E-state index in [1.807, 2.05) is 0 Å². The molecule has 0 N–H and O–H groups in total. The van der Waals surface area contributed by atoms with Gasteiger partial charge in [0.05, 0.1) is 12.5 Å². The molecular weight excluding hydrogens is 173 g/mol. The van der Waals surface area contributed by atoms with Crippen LogP contribution in [0.25, 0.3) is 0 Å². The minimum Gasteiger partial charge on any atom is -0.256 e. The summed E-state index contributed by atoms with van der Waals surface area (Å²) >= 11 is 0. The maximum absolute atomic E-state index is 12.7. The molecule has 0 amide bonds. The van der Waals surface area contributed by atoms with Crippen molar-refractivity contribution < 1.29 is 14.2 Å². The molecule has 0 saturated heterocycles. The highest BCUT2D eigenvalue weighted by atomic mass is 19.2. The first-order chi connectivity index (χ1) is 5.45. The fourth-order valence-corrected chi connectivity index (χ4v) is 0.464. The first-order valence-corrected chi connectivity index (χ1v) is 2.80. The van der Waals surface area contributed by atoms with Gasteiger partial charge in [0.25, 0.3) is 0 Å². The van der Waals surface area contributed by atoms with Gasteiger partial charge in [0.1, 0.15) is 16.3 Å². The Morgan fingerprint density at radius 1 is 1.42 bits per heavy atom. The molecule has 0 aromatic rings. The van der Waals surface area contributed by atoms with Crippen molar-refractivity contribution in [2.24, 2.45) is 0 Å². The summed E-state index contributed by atoms with van der Waals surface area (Å²) in [4.78, 5) is 16.4. The number of nitrogens with zero attached hydrogens (tertiary/aromatic N) is 3. The minimum absolute atomic E-state index is 0.571. The van der Waals surface area contributed by atoms with Gasteiger partial charge in [0.15, 0.2) is 0 Å². The van der Waals surface area contributed by atoms with Crippen LogP contribution in [0.1, 0.15) is 12.8 Å². The van der Waals surface area contributed by atoms with Gasteiger partial charge in [-0.25, -0.2) is 0 Å². The minimum atomic E-state index is -3.73. The van der Waals surface area contributed by atoms with E-state index in [0.717, 1.165) is 0 Å². The lowest BCUT2D eigenvalue weighted by atomic mass is 10.2. The van der Waals surface area contributed by atoms with Crippen LogP contribution in [0.2, 0.25) is 0 Å². The van der Waals surface area contributed by atoms with Crippen LogP contribution >= 0.6 is 0 Å². The summed E-state index contributed by atoms with van der Waals surface area (Å²) in [5.74, 6) is -3.73. The molecule has 0 aromatic heterocycles. The van der Waals surface area contributed by atoms with Crippen molar-refractivity contribution in [3.8, 4) is 6.07 Å². The molecule has 0 aromatic carbocycles. The SMILES string of the molecule is N#CCCC(F)([N+](=O)[O-])[N+](=O)[O-]. The lowest BCUT2D eigenvalue weighted by Gasteiger charge is -2.04. The predicted octanol–water partition coefficient (Wildman–Crippen LogP) is 0.467. The van der Waals surface area contributed by atoms with Gasteiger partial charge in [-0.2, -0.15) is 5.26 Å². The fourth-order valence-electron chi connectivity index (χ4n) is 0.464. The van der Waals surface area contributed by atoms with Crippen LogP contribution < -0.4 is 0 Å².